The average Bonchev–Trinajstić information content (AvgIpc) is 3.37. The highest BCUT2D eigenvalue weighted by Crippen LogP contribution is 2.36. The number of alkyl halides is 6. The predicted octanol–water partition coefficient (Wildman–Crippen LogP) is 5.30. The summed E-state index contributed by atoms with van der Waals surface area (Å²) in [5, 5.41) is 13.1. The number of ether oxygens (including phenoxy) is 1. The van der Waals surface area contributed by atoms with Crippen molar-refractivity contribution in [3.05, 3.63) is 69.6 Å². The molecule has 188 valence electrons. The molecule has 14 heteroatoms. The van der Waals surface area contributed by atoms with Crippen molar-refractivity contribution in [2.24, 2.45) is 0 Å². The van der Waals surface area contributed by atoms with Crippen LogP contribution in [0, 0.1) is 11.3 Å². The summed E-state index contributed by atoms with van der Waals surface area (Å²) >= 11 is 6.18. The molecule has 0 fully saturated rings. The molecule has 0 bridgehead atoms. The Labute approximate surface area is 204 Å². The van der Waals surface area contributed by atoms with E-state index in [0.29, 0.717) is 17.5 Å². The van der Waals surface area contributed by atoms with Crippen LogP contribution in [-0.2, 0) is 19.3 Å². The number of carbonyl (C=O) groups is 1. The molecule has 4 rings (SSSR count). The minimum absolute atomic E-state index is 0.0177. The van der Waals surface area contributed by atoms with Crippen molar-refractivity contribution in [3.8, 4) is 17.6 Å². The molecule has 1 aromatic carbocycles. The molecule has 7 nitrogen and oxygen atoms in total. The minimum atomic E-state index is -4.71. The van der Waals surface area contributed by atoms with Gasteiger partial charge in [-0.15, -0.1) is 0 Å². The van der Waals surface area contributed by atoms with E-state index in [1.165, 1.54) is 15.8 Å². The fourth-order valence-corrected chi connectivity index (χ4v) is 3.74. The summed E-state index contributed by atoms with van der Waals surface area (Å²) in [6, 6.07) is 6.00. The van der Waals surface area contributed by atoms with Crippen molar-refractivity contribution in [2.45, 2.75) is 38.5 Å². The van der Waals surface area contributed by atoms with Crippen LogP contribution in [0.2, 0.25) is 5.02 Å². The van der Waals surface area contributed by atoms with Crippen LogP contribution < -0.4 is 4.74 Å². The van der Waals surface area contributed by atoms with Gasteiger partial charge in [-0.1, -0.05) is 11.6 Å². The summed E-state index contributed by atoms with van der Waals surface area (Å²) in [6.45, 7) is 0.684. The zero-order valence-electron chi connectivity index (χ0n) is 18.2. The zero-order valence-corrected chi connectivity index (χ0v) is 18.9. The lowest BCUT2D eigenvalue weighted by molar-refractivity contribution is -0.189. The maximum atomic E-state index is 13.3. The van der Waals surface area contributed by atoms with Gasteiger partial charge in [0.15, 0.2) is 11.9 Å². The van der Waals surface area contributed by atoms with Gasteiger partial charge in [0.25, 0.3) is 5.91 Å². The number of fused-ring (bicyclic) bond motifs is 1. The summed E-state index contributed by atoms with van der Waals surface area (Å²) < 4.78 is 83.6. The van der Waals surface area contributed by atoms with Crippen molar-refractivity contribution in [2.75, 3.05) is 0 Å². The number of halogens is 7. The molecule has 0 saturated carbocycles. The summed E-state index contributed by atoms with van der Waals surface area (Å²) in [5.41, 5.74) is -0.485. The number of rotatable bonds is 4. The highest BCUT2D eigenvalue weighted by atomic mass is 35.5. The molecule has 36 heavy (non-hydrogen) atoms. The van der Waals surface area contributed by atoms with Gasteiger partial charge in [0.05, 0.1) is 28.4 Å². The molecule has 1 atom stereocenters. The number of nitrogens with zero attached hydrogens (tertiary/aromatic N) is 5. The van der Waals surface area contributed by atoms with Crippen molar-refractivity contribution in [3.63, 3.8) is 0 Å². The van der Waals surface area contributed by atoms with E-state index in [0.717, 1.165) is 31.2 Å². The normalized spacial score (nSPS) is 14.4. The highest BCUT2D eigenvalue weighted by molar-refractivity contribution is 6.35. The van der Waals surface area contributed by atoms with E-state index in [1.807, 2.05) is 0 Å². The Morgan fingerprint density at radius 2 is 1.89 bits per heavy atom. The lowest BCUT2D eigenvalue weighted by atomic mass is 10.1. The number of amides is 1. The molecule has 0 aliphatic carbocycles. The fraction of sp³-hybridized carbons (Fsp3) is 0.273. The first-order chi connectivity index (χ1) is 16.8. The first-order valence-corrected chi connectivity index (χ1v) is 10.5. The second-order valence-electron chi connectivity index (χ2n) is 7.82. The van der Waals surface area contributed by atoms with Crippen molar-refractivity contribution in [1.82, 2.24) is 19.7 Å². The topological polar surface area (TPSA) is 84.0 Å². The third-order valence-corrected chi connectivity index (χ3v) is 5.77. The molecule has 0 spiro atoms. The van der Waals surface area contributed by atoms with Gasteiger partial charge in [0, 0.05) is 24.5 Å². The molecular formula is C22H14ClF6N5O2. The Morgan fingerprint density at radius 1 is 1.17 bits per heavy atom. The summed E-state index contributed by atoms with van der Waals surface area (Å²) in [4.78, 5) is 18.3. The number of aromatic nitrogens is 3. The first kappa shape index (κ1) is 25.3. The maximum absolute atomic E-state index is 13.3. The second kappa shape index (κ2) is 9.02. The van der Waals surface area contributed by atoms with Gasteiger partial charge in [-0.25, -0.2) is 9.67 Å². The van der Waals surface area contributed by atoms with Crippen molar-refractivity contribution < 1.29 is 35.9 Å². The molecule has 1 amide bonds. The SMILES string of the molecule is C[C@H](Oc1ccc(C#N)c(Cl)c1C(=O)N1Cc2cn(-c3ccc(C(F)(F)F)cn3)nc2C1)C(F)(F)F. The third kappa shape index (κ3) is 4.81. The van der Waals surface area contributed by atoms with E-state index in [4.69, 9.17) is 16.3 Å². The summed E-state index contributed by atoms with van der Waals surface area (Å²) in [7, 11) is 0. The number of hydrogen-bond donors (Lipinski definition) is 0. The summed E-state index contributed by atoms with van der Waals surface area (Å²) in [6.07, 6.45) is -9.34. The van der Waals surface area contributed by atoms with Gasteiger partial charge >= 0.3 is 12.4 Å². The number of hydrogen-bond acceptors (Lipinski definition) is 5. The van der Waals surface area contributed by atoms with Gasteiger partial charge in [0.1, 0.15) is 17.4 Å². The monoisotopic (exact) mass is 529 g/mol. The highest BCUT2D eigenvalue weighted by Gasteiger charge is 2.40. The van der Waals surface area contributed by atoms with E-state index in [-0.39, 0.29) is 29.5 Å². The van der Waals surface area contributed by atoms with Gasteiger partial charge in [-0.3, -0.25) is 4.79 Å². The molecule has 3 aromatic rings. The average molecular weight is 530 g/mol. The van der Waals surface area contributed by atoms with Crippen LogP contribution in [0.4, 0.5) is 26.3 Å². The molecule has 0 saturated heterocycles. The van der Waals surface area contributed by atoms with Crippen LogP contribution in [0.15, 0.2) is 36.7 Å². The lowest BCUT2D eigenvalue weighted by Crippen LogP contribution is -2.33. The minimum Gasteiger partial charge on any atom is -0.480 e. The molecular weight excluding hydrogens is 516 g/mol. The lowest BCUT2D eigenvalue weighted by Gasteiger charge is -2.23. The van der Waals surface area contributed by atoms with E-state index in [1.54, 1.807) is 6.07 Å². The van der Waals surface area contributed by atoms with Crippen LogP contribution in [0.3, 0.4) is 0 Å². The van der Waals surface area contributed by atoms with Crippen LogP contribution in [-0.4, -0.2) is 37.9 Å². The molecule has 3 heterocycles. The van der Waals surface area contributed by atoms with E-state index < -0.39 is 41.2 Å². The Morgan fingerprint density at radius 3 is 2.44 bits per heavy atom. The Bertz CT molecular complexity index is 1340. The van der Waals surface area contributed by atoms with E-state index in [2.05, 4.69) is 10.1 Å². The summed E-state index contributed by atoms with van der Waals surface area (Å²) in [5.74, 6) is -1.09. The number of pyridine rings is 1. The van der Waals surface area contributed by atoms with Gasteiger partial charge < -0.3 is 9.64 Å². The van der Waals surface area contributed by atoms with Crippen molar-refractivity contribution in [1.29, 1.82) is 5.26 Å². The standard InChI is InChI=1S/C22H14ClF6N5O2/c1-11(21(24,25)26)36-16-4-2-12(6-30)19(23)18(16)20(35)33-8-13-9-34(32-15(13)10-33)17-5-3-14(7-31-17)22(27,28)29/h2-5,7,9,11H,8,10H2,1H3/t11-/m0/s1. The van der Waals surface area contributed by atoms with Crippen LogP contribution in [0.1, 0.15) is 39.7 Å². The van der Waals surface area contributed by atoms with Crippen LogP contribution in [0.25, 0.3) is 5.82 Å². The maximum Gasteiger partial charge on any atom is 0.425 e. The quantitative estimate of drug-likeness (QED) is 0.428. The van der Waals surface area contributed by atoms with Gasteiger partial charge in [-0.05, 0) is 31.2 Å². The number of nitriles is 1. The Kier molecular flexibility index (Phi) is 6.34. The second-order valence-corrected chi connectivity index (χ2v) is 8.20. The van der Waals surface area contributed by atoms with Gasteiger partial charge in [-0.2, -0.15) is 36.7 Å². The smallest absolute Gasteiger partial charge is 0.425 e. The fourth-order valence-electron chi connectivity index (χ4n) is 3.46. The number of carbonyl (C=O) groups excluding carboxylic acids is 1. The predicted molar refractivity (Wildman–Crippen MR) is 112 cm³/mol. The molecule has 2 aromatic heterocycles. The number of benzene rings is 1. The molecule has 0 unspecified atom stereocenters. The van der Waals surface area contributed by atoms with Crippen LogP contribution in [0.5, 0.6) is 5.75 Å². The van der Waals surface area contributed by atoms with E-state index >= 15 is 0 Å². The molecule has 0 radical (unpaired) electrons. The first-order valence-electron chi connectivity index (χ1n) is 10.2. The molecule has 1 aliphatic rings. The van der Waals surface area contributed by atoms with Crippen LogP contribution >= 0.6 is 11.6 Å². The molecule has 1 aliphatic heterocycles. The van der Waals surface area contributed by atoms with E-state index in [9.17, 15) is 36.4 Å². The Hall–Kier alpha value is -3.79. The Balaban J connectivity index is 1.58. The molecule has 0 N–H and O–H groups in total. The zero-order chi connectivity index (χ0) is 26.4. The third-order valence-electron chi connectivity index (χ3n) is 5.38. The largest absolute Gasteiger partial charge is 0.480 e. The van der Waals surface area contributed by atoms with Gasteiger partial charge in [0.2, 0.25) is 0 Å². The van der Waals surface area contributed by atoms with Crippen molar-refractivity contribution >= 4 is 17.5 Å².